The first-order valence-electron chi connectivity index (χ1n) is 22.5. The summed E-state index contributed by atoms with van der Waals surface area (Å²) in [7, 11) is 0. The van der Waals surface area contributed by atoms with E-state index in [0.29, 0.717) is 17.6 Å². The summed E-state index contributed by atoms with van der Waals surface area (Å²) in [4.78, 5) is 16.1. The summed E-state index contributed by atoms with van der Waals surface area (Å²) in [5, 5.41) is 7.23. The highest BCUT2D eigenvalue weighted by molar-refractivity contribution is 7.26. The van der Waals surface area contributed by atoms with Gasteiger partial charge in [0.2, 0.25) is 5.95 Å². The zero-order valence-electron chi connectivity index (χ0n) is 36.2. The Balaban J connectivity index is 1.04. The van der Waals surface area contributed by atoms with Crippen molar-refractivity contribution in [2.75, 3.05) is 0 Å². The van der Waals surface area contributed by atoms with Crippen LogP contribution >= 0.6 is 11.3 Å². The Kier molecular flexibility index (Phi) is 7.84. The normalized spacial score (nSPS) is 13.1. The van der Waals surface area contributed by atoms with Crippen molar-refractivity contribution in [3.63, 3.8) is 0 Å². The Morgan fingerprint density at radius 1 is 0.379 bits per heavy atom. The van der Waals surface area contributed by atoms with Crippen LogP contribution in [0.5, 0.6) is 0 Å². The van der Waals surface area contributed by atoms with Crippen LogP contribution in [0.4, 0.5) is 0 Å². The number of thiophene rings is 1. The fourth-order valence-corrected chi connectivity index (χ4v) is 12.1. The van der Waals surface area contributed by atoms with Gasteiger partial charge in [-0.3, -0.25) is 4.57 Å². The van der Waals surface area contributed by atoms with E-state index in [-0.39, 0.29) is 5.41 Å². The van der Waals surface area contributed by atoms with Gasteiger partial charge in [0.15, 0.2) is 11.6 Å². The van der Waals surface area contributed by atoms with Crippen LogP contribution in [0.15, 0.2) is 200 Å². The minimum Gasteiger partial charge on any atom is -0.309 e. The van der Waals surface area contributed by atoms with Crippen LogP contribution in [0.2, 0.25) is 0 Å². The zero-order chi connectivity index (χ0) is 43.7. The summed E-state index contributed by atoms with van der Waals surface area (Å²) >= 11 is 1.79. The third-order valence-corrected chi connectivity index (χ3v) is 15.2. The molecule has 0 unspecified atom stereocenters. The average Bonchev–Trinajstić information content (AvgIpc) is 4.08. The third kappa shape index (κ3) is 5.36. The van der Waals surface area contributed by atoms with E-state index < -0.39 is 0 Å². The maximum atomic E-state index is 5.48. The number of nitrogens with zero attached hydrogens (tertiary/aromatic N) is 5. The molecule has 310 valence electrons. The van der Waals surface area contributed by atoms with Gasteiger partial charge in [-0.15, -0.1) is 11.3 Å². The lowest BCUT2D eigenvalue weighted by atomic mass is 9.82. The molecular weight excluding hydrogens is 823 g/mol. The van der Waals surface area contributed by atoms with Crippen molar-refractivity contribution in [3.8, 4) is 56.7 Å². The van der Waals surface area contributed by atoms with Crippen molar-refractivity contribution >= 4 is 75.1 Å². The molecule has 0 amide bonds. The van der Waals surface area contributed by atoms with Gasteiger partial charge in [-0.2, -0.15) is 9.97 Å². The Hall–Kier alpha value is -8.19. The van der Waals surface area contributed by atoms with Gasteiger partial charge in [-0.05, 0) is 100 Å². The molecule has 6 heteroatoms. The molecule has 0 bridgehead atoms. The molecule has 0 saturated heterocycles. The van der Waals surface area contributed by atoms with Crippen LogP contribution in [0.3, 0.4) is 0 Å². The standard InChI is InChI=1S/C60H39N5S/c1-60(2)49-25-12-9-20-40(49)45-34-48-47-33-38(37-28-30-52-46(32-37)41-21-10-13-26-51(41)64(52)39-18-7-4-8-19-39)29-31-53(47)65(54(48)35-50(45)60)59-62-57(36-16-5-3-6-17-36)61-58(63-59)44-24-15-23-43-42-22-11-14-27-55(42)66-56(43)44/h3-35H,1-2H3. The maximum Gasteiger partial charge on any atom is 0.238 e. The first kappa shape index (κ1) is 37.2. The largest absolute Gasteiger partial charge is 0.309 e. The summed E-state index contributed by atoms with van der Waals surface area (Å²) in [5.41, 5.74) is 14.9. The molecule has 5 nitrogen and oxygen atoms in total. The lowest BCUT2D eigenvalue weighted by Crippen LogP contribution is -2.15. The van der Waals surface area contributed by atoms with Crippen LogP contribution < -0.4 is 0 Å². The number of aromatic nitrogens is 5. The number of para-hydroxylation sites is 2. The highest BCUT2D eigenvalue weighted by atomic mass is 32.1. The molecule has 1 aliphatic carbocycles. The summed E-state index contributed by atoms with van der Waals surface area (Å²) < 4.78 is 7.07. The first-order valence-corrected chi connectivity index (χ1v) is 23.3. The molecule has 0 atom stereocenters. The Bertz CT molecular complexity index is 4140. The molecule has 4 heterocycles. The zero-order valence-corrected chi connectivity index (χ0v) is 37.0. The number of fused-ring (bicyclic) bond motifs is 12. The van der Waals surface area contributed by atoms with Crippen molar-refractivity contribution < 1.29 is 0 Å². The summed E-state index contributed by atoms with van der Waals surface area (Å²) in [6.45, 7) is 4.69. The van der Waals surface area contributed by atoms with Crippen molar-refractivity contribution in [2.24, 2.45) is 0 Å². The summed E-state index contributed by atoms with van der Waals surface area (Å²) in [6.07, 6.45) is 0. The van der Waals surface area contributed by atoms with Gasteiger partial charge in [0, 0.05) is 63.9 Å². The van der Waals surface area contributed by atoms with E-state index in [1.165, 1.54) is 69.8 Å². The van der Waals surface area contributed by atoms with Crippen LogP contribution in [0.25, 0.3) is 120 Å². The minimum absolute atomic E-state index is 0.197. The highest BCUT2D eigenvalue weighted by Crippen LogP contribution is 2.51. The summed E-state index contributed by atoms with van der Waals surface area (Å²) in [6, 6.07) is 72.4. The predicted molar refractivity (Wildman–Crippen MR) is 275 cm³/mol. The lowest BCUT2D eigenvalue weighted by molar-refractivity contribution is 0.661. The van der Waals surface area contributed by atoms with Crippen molar-refractivity contribution in [2.45, 2.75) is 19.3 Å². The maximum absolute atomic E-state index is 5.48. The van der Waals surface area contributed by atoms with Crippen molar-refractivity contribution in [1.29, 1.82) is 0 Å². The number of benzene rings is 9. The van der Waals surface area contributed by atoms with Gasteiger partial charge >= 0.3 is 0 Å². The molecule has 66 heavy (non-hydrogen) atoms. The van der Waals surface area contributed by atoms with Gasteiger partial charge in [0.25, 0.3) is 0 Å². The second-order valence-corrected chi connectivity index (χ2v) is 19.1. The highest BCUT2D eigenvalue weighted by Gasteiger charge is 2.36. The molecule has 0 saturated carbocycles. The molecular formula is C60H39N5S. The SMILES string of the molecule is CC1(C)c2ccccc2-c2cc3c4cc(-c5ccc6c(c5)c5ccccc5n6-c5ccccc5)ccc4n(-c4nc(-c5ccccc5)nc(-c5cccc6c5sc5ccccc56)n4)c3cc21. The quantitative estimate of drug-likeness (QED) is 0.173. The first-order chi connectivity index (χ1) is 32.5. The van der Waals surface area contributed by atoms with Crippen LogP contribution in [-0.4, -0.2) is 24.1 Å². The van der Waals surface area contributed by atoms with E-state index in [9.17, 15) is 0 Å². The second kappa shape index (κ2) is 13.9. The lowest BCUT2D eigenvalue weighted by Gasteiger charge is -2.21. The molecule has 14 rings (SSSR count). The molecule has 9 aromatic carbocycles. The fraction of sp³-hybridized carbons (Fsp3) is 0.0500. The molecule has 1 aliphatic rings. The van der Waals surface area contributed by atoms with Gasteiger partial charge in [0.05, 0.1) is 22.1 Å². The summed E-state index contributed by atoms with van der Waals surface area (Å²) in [5.74, 6) is 1.88. The number of rotatable bonds is 5. The third-order valence-electron chi connectivity index (χ3n) is 14.0. The predicted octanol–water partition coefficient (Wildman–Crippen LogP) is 15.7. The van der Waals surface area contributed by atoms with Crippen molar-refractivity contribution in [3.05, 3.63) is 211 Å². The molecule has 0 spiro atoms. The molecule has 0 N–H and O–H groups in total. The topological polar surface area (TPSA) is 48.5 Å². The van der Waals surface area contributed by atoms with Gasteiger partial charge in [-0.1, -0.05) is 147 Å². The van der Waals surface area contributed by atoms with E-state index in [4.69, 9.17) is 15.0 Å². The average molecular weight is 862 g/mol. The van der Waals surface area contributed by atoms with Gasteiger partial charge in [-0.25, -0.2) is 4.98 Å². The fourth-order valence-electron chi connectivity index (χ4n) is 10.8. The minimum atomic E-state index is -0.197. The van der Waals surface area contributed by atoms with Crippen molar-refractivity contribution in [1.82, 2.24) is 24.1 Å². The van der Waals surface area contributed by atoms with Crippen LogP contribution in [0, 0.1) is 0 Å². The van der Waals surface area contributed by atoms with Crippen LogP contribution in [-0.2, 0) is 5.41 Å². The van der Waals surface area contributed by atoms with Gasteiger partial charge < -0.3 is 4.57 Å². The number of hydrogen-bond donors (Lipinski definition) is 0. The van der Waals surface area contributed by atoms with Gasteiger partial charge in [0.1, 0.15) is 0 Å². The monoisotopic (exact) mass is 861 g/mol. The Morgan fingerprint density at radius 2 is 0.985 bits per heavy atom. The molecule has 0 aliphatic heterocycles. The Morgan fingerprint density at radius 3 is 1.80 bits per heavy atom. The van der Waals surface area contributed by atoms with E-state index in [0.717, 1.165) is 44.2 Å². The second-order valence-electron chi connectivity index (χ2n) is 18.0. The van der Waals surface area contributed by atoms with E-state index in [2.05, 4.69) is 205 Å². The number of hydrogen-bond acceptors (Lipinski definition) is 4. The van der Waals surface area contributed by atoms with E-state index in [1.54, 1.807) is 11.3 Å². The van der Waals surface area contributed by atoms with Crippen LogP contribution in [0.1, 0.15) is 25.0 Å². The Labute approximate surface area is 384 Å². The molecule has 0 fully saturated rings. The molecule has 4 aromatic heterocycles. The molecule has 13 aromatic rings. The van der Waals surface area contributed by atoms with E-state index in [1.807, 2.05) is 18.2 Å². The van der Waals surface area contributed by atoms with E-state index >= 15 is 0 Å². The molecule has 0 radical (unpaired) electrons. The smallest absolute Gasteiger partial charge is 0.238 e.